The molecule has 1 saturated heterocycles. The summed E-state index contributed by atoms with van der Waals surface area (Å²) in [5.74, 6) is 0.819. The van der Waals surface area contributed by atoms with Gasteiger partial charge in [-0.15, -0.1) is 0 Å². The van der Waals surface area contributed by atoms with Crippen molar-refractivity contribution in [1.29, 1.82) is 0 Å². The molecule has 0 aliphatic carbocycles. The van der Waals surface area contributed by atoms with E-state index >= 15 is 0 Å². The highest BCUT2D eigenvalue weighted by Crippen LogP contribution is 2.31. The summed E-state index contributed by atoms with van der Waals surface area (Å²) in [6.45, 7) is 1.03. The molecule has 1 N–H and O–H groups in total. The lowest BCUT2D eigenvalue weighted by molar-refractivity contribution is -0.145. The normalized spacial score (nSPS) is 19.1. The number of benzene rings is 2. The second kappa shape index (κ2) is 6.56. The first-order chi connectivity index (χ1) is 13.7. The second-order valence-corrected chi connectivity index (χ2v) is 6.81. The standard InChI is InChI=1S/C20H18N4O4/c25-19-11-23(20(26)18-12-27-16-3-1-2-4-17(16)28-18)7-8-24(19)14-5-6-15-13(9-14)10-21-22-15/h1-6,9-10,18H,7-8,11-12H2,(H,21,22). The number of nitrogens with one attached hydrogen (secondary N) is 1. The van der Waals surface area contributed by atoms with Crippen molar-refractivity contribution in [3.8, 4) is 11.5 Å². The van der Waals surface area contributed by atoms with Gasteiger partial charge >= 0.3 is 0 Å². The van der Waals surface area contributed by atoms with Crippen LogP contribution in [0.3, 0.4) is 0 Å². The summed E-state index contributed by atoms with van der Waals surface area (Å²) in [6, 6.07) is 12.9. The highest BCUT2D eigenvalue weighted by Gasteiger charge is 2.35. The molecule has 1 fully saturated rings. The van der Waals surface area contributed by atoms with Crippen LogP contribution in [0.15, 0.2) is 48.7 Å². The number of piperazine rings is 1. The largest absolute Gasteiger partial charge is 0.485 e. The van der Waals surface area contributed by atoms with Crippen molar-refractivity contribution in [2.24, 2.45) is 0 Å². The lowest BCUT2D eigenvalue weighted by Gasteiger charge is -2.36. The van der Waals surface area contributed by atoms with Crippen LogP contribution in [0.25, 0.3) is 10.9 Å². The minimum Gasteiger partial charge on any atom is -0.485 e. The maximum Gasteiger partial charge on any atom is 0.267 e. The Kier molecular flexibility index (Phi) is 3.89. The Morgan fingerprint density at radius 2 is 2.00 bits per heavy atom. The first-order valence-corrected chi connectivity index (χ1v) is 9.10. The van der Waals surface area contributed by atoms with Crippen LogP contribution in [0.2, 0.25) is 0 Å². The monoisotopic (exact) mass is 378 g/mol. The molecule has 5 rings (SSSR count). The van der Waals surface area contributed by atoms with Gasteiger partial charge in [0.2, 0.25) is 12.0 Å². The zero-order chi connectivity index (χ0) is 19.1. The van der Waals surface area contributed by atoms with E-state index in [4.69, 9.17) is 9.47 Å². The van der Waals surface area contributed by atoms with Crippen LogP contribution in [-0.2, 0) is 9.59 Å². The van der Waals surface area contributed by atoms with Crippen molar-refractivity contribution >= 4 is 28.4 Å². The Morgan fingerprint density at radius 3 is 2.86 bits per heavy atom. The van der Waals surface area contributed by atoms with Gasteiger partial charge in [-0.25, -0.2) is 0 Å². The minimum atomic E-state index is -0.739. The van der Waals surface area contributed by atoms with Gasteiger partial charge in [-0.2, -0.15) is 5.10 Å². The molecule has 8 nitrogen and oxygen atoms in total. The van der Waals surface area contributed by atoms with Gasteiger partial charge in [-0.3, -0.25) is 14.7 Å². The lowest BCUT2D eigenvalue weighted by Crippen LogP contribution is -2.56. The smallest absolute Gasteiger partial charge is 0.267 e. The van der Waals surface area contributed by atoms with Gasteiger partial charge in [0.15, 0.2) is 11.5 Å². The lowest BCUT2D eigenvalue weighted by atomic mass is 10.2. The van der Waals surface area contributed by atoms with E-state index in [0.29, 0.717) is 24.6 Å². The number of amides is 2. The van der Waals surface area contributed by atoms with Gasteiger partial charge in [-0.05, 0) is 30.3 Å². The van der Waals surface area contributed by atoms with Crippen molar-refractivity contribution in [3.05, 3.63) is 48.7 Å². The molecule has 1 aromatic heterocycles. The van der Waals surface area contributed by atoms with Crippen molar-refractivity contribution in [3.63, 3.8) is 0 Å². The maximum atomic E-state index is 12.8. The summed E-state index contributed by atoms with van der Waals surface area (Å²) in [5.41, 5.74) is 1.72. The third-order valence-electron chi connectivity index (χ3n) is 5.05. The van der Waals surface area contributed by atoms with Gasteiger partial charge in [-0.1, -0.05) is 12.1 Å². The zero-order valence-corrected chi connectivity index (χ0v) is 15.0. The number of para-hydroxylation sites is 2. The minimum absolute atomic E-state index is 0.0176. The molecule has 1 atom stereocenters. The summed E-state index contributed by atoms with van der Waals surface area (Å²) < 4.78 is 11.4. The number of aromatic nitrogens is 2. The highest BCUT2D eigenvalue weighted by molar-refractivity contribution is 6.00. The number of rotatable bonds is 2. The Morgan fingerprint density at radius 1 is 1.14 bits per heavy atom. The third-order valence-corrected chi connectivity index (χ3v) is 5.05. The van der Waals surface area contributed by atoms with Crippen LogP contribution < -0.4 is 14.4 Å². The summed E-state index contributed by atoms with van der Waals surface area (Å²) in [7, 11) is 0. The van der Waals surface area contributed by atoms with Crippen molar-refractivity contribution in [2.45, 2.75) is 6.10 Å². The molecule has 2 aromatic carbocycles. The Balaban J connectivity index is 1.28. The van der Waals surface area contributed by atoms with Crippen molar-refractivity contribution in [1.82, 2.24) is 15.1 Å². The van der Waals surface area contributed by atoms with Crippen LogP contribution >= 0.6 is 0 Å². The van der Waals surface area contributed by atoms with E-state index in [1.54, 1.807) is 23.2 Å². The van der Waals surface area contributed by atoms with Crippen LogP contribution in [0.1, 0.15) is 0 Å². The fourth-order valence-corrected chi connectivity index (χ4v) is 3.58. The molecular weight excluding hydrogens is 360 g/mol. The van der Waals surface area contributed by atoms with Crippen LogP contribution in [0, 0.1) is 0 Å². The van der Waals surface area contributed by atoms with Crippen molar-refractivity contribution in [2.75, 3.05) is 31.1 Å². The van der Waals surface area contributed by atoms with E-state index in [9.17, 15) is 9.59 Å². The molecule has 2 aliphatic rings. The molecule has 1 unspecified atom stereocenters. The Bertz CT molecular complexity index is 1060. The molecule has 2 amide bonds. The van der Waals surface area contributed by atoms with E-state index in [-0.39, 0.29) is 25.0 Å². The van der Waals surface area contributed by atoms with E-state index in [1.807, 2.05) is 30.3 Å². The fraction of sp³-hybridized carbons (Fsp3) is 0.250. The third kappa shape index (κ3) is 2.83. The molecule has 8 heteroatoms. The van der Waals surface area contributed by atoms with Gasteiger partial charge in [0.05, 0.1) is 11.7 Å². The van der Waals surface area contributed by atoms with Gasteiger partial charge in [0.25, 0.3) is 5.91 Å². The van der Waals surface area contributed by atoms with Crippen LogP contribution in [-0.4, -0.2) is 59.3 Å². The number of H-pyrrole nitrogens is 1. The van der Waals surface area contributed by atoms with E-state index in [1.165, 1.54) is 4.90 Å². The van der Waals surface area contributed by atoms with Gasteiger partial charge in [0.1, 0.15) is 13.2 Å². The average Bonchev–Trinajstić information content (AvgIpc) is 3.20. The van der Waals surface area contributed by atoms with Crippen LogP contribution in [0.5, 0.6) is 11.5 Å². The zero-order valence-electron chi connectivity index (χ0n) is 15.0. The Hall–Kier alpha value is -3.55. The Labute approximate surface area is 160 Å². The number of anilines is 1. The van der Waals surface area contributed by atoms with E-state index in [0.717, 1.165) is 16.6 Å². The summed E-state index contributed by atoms with van der Waals surface area (Å²) in [4.78, 5) is 28.8. The van der Waals surface area contributed by atoms with Crippen molar-refractivity contribution < 1.29 is 19.1 Å². The summed E-state index contributed by atoms with van der Waals surface area (Å²) >= 11 is 0. The molecule has 28 heavy (non-hydrogen) atoms. The molecule has 0 bridgehead atoms. The number of hydrogen-bond acceptors (Lipinski definition) is 5. The fourth-order valence-electron chi connectivity index (χ4n) is 3.58. The highest BCUT2D eigenvalue weighted by atomic mass is 16.6. The SMILES string of the molecule is O=C(C1COc2ccccc2O1)N1CCN(c2ccc3[nH]ncc3c2)C(=O)C1. The number of carbonyl (C=O) groups excluding carboxylic acids is 2. The molecule has 0 saturated carbocycles. The molecule has 0 radical (unpaired) electrons. The van der Waals surface area contributed by atoms with E-state index in [2.05, 4.69) is 10.2 Å². The predicted molar refractivity (Wildman–Crippen MR) is 101 cm³/mol. The van der Waals surface area contributed by atoms with Gasteiger partial charge < -0.3 is 19.3 Å². The quantitative estimate of drug-likeness (QED) is 0.732. The number of carbonyl (C=O) groups is 2. The number of nitrogens with zero attached hydrogens (tertiary/aromatic N) is 3. The maximum absolute atomic E-state index is 12.8. The number of aromatic amines is 1. The van der Waals surface area contributed by atoms with E-state index < -0.39 is 6.10 Å². The molecule has 142 valence electrons. The summed E-state index contributed by atoms with van der Waals surface area (Å²) in [6.07, 6.45) is 0.984. The number of ether oxygens (including phenoxy) is 2. The second-order valence-electron chi connectivity index (χ2n) is 6.81. The predicted octanol–water partition coefficient (Wildman–Crippen LogP) is 1.58. The molecule has 3 aromatic rings. The molecule has 3 heterocycles. The first-order valence-electron chi connectivity index (χ1n) is 9.10. The topological polar surface area (TPSA) is 87.8 Å². The first kappa shape index (κ1) is 16.6. The molecular formula is C20H18N4O4. The molecule has 0 spiro atoms. The molecule has 2 aliphatic heterocycles. The van der Waals surface area contributed by atoms with Crippen LogP contribution in [0.4, 0.5) is 5.69 Å². The van der Waals surface area contributed by atoms with Gasteiger partial charge in [0, 0.05) is 24.2 Å². The summed E-state index contributed by atoms with van der Waals surface area (Å²) in [5, 5.41) is 7.84. The average molecular weight is 378 g/mol. The number of hydrogen-bond donors (Lipinski definition) is 1. The number of fused-ring (bicyclic) bond motifs is 2.